The Hall–Kier alpha value is -1.54. The summed E-state index contributed by atoms with van der Waals surface area (Å²) >= 11 is 11.8. The number of ether oxygens (including phenoxy) is 1. The lowest BCUT2D eigenvalue weighted by molar-refractivity contribution is 0.0242. The summed E-state index contributed by atoms with van der Waals surface area (Å²) in [5, 5.41) is 1.56. The predicted molar refractivity (Wildman–Crippen MR) is 106 cm³/mol. The minimum Gasteiger partial charge on any atom is -0.377 e. The number of hydrogen-bond donors (Lipinski definition) is 0. The predicted octanol–water partition coefficient (Wildman–Crippen LogP) is 6.66. The molecule has 1 unspecified atom stereocenters. The van der Waals surface area contributed by atoms with E-state index in [0.717, 1.165) is 35.9 Å². The maximum absolute atomic E-state index is 6.05. The molecule has 1 nitrogen and oxygen atoms in total. The molecule has 128 valence electrons. The molecule has 2 saturated carbocycles. The van der Waals surface area contributed by atoms with Crippen LogP contribution in [0.5, 0.6) is 0 Å². The van der Waals surface area contributed by atoms with Crippen LogP contribution in [0.2, 0.25) is 10.0 Å². The fourth-order valence-corrected chi connectivity index (χ4v) is 3.40. The van der Waals surface area contributed by atoms with Crippen molar-refractivity contribution in [1.82, 2.24) is 0 Å². The van der Waals surface area contributed by atoms with Crippen molar-refractivity contribution in [2.24, 2.45) is 5.92 Å². The normalized spacial score (nSPS) is 23.4. The van der Waals surface area contributed by atoms with Gasteiger partial charge in [-0.05, 0) is 54.7 Å². The van der Waals surface area contributed by atoms with Crippen LogP contribution in [-0.2, 0) is 4.74 Å². The van der Waals surface area contributed by atoms with Gasteiger partial charge in [-0.2, -0.15) is 0 Å². The van der Waals surface area contributed by atoms with Crippen molar-refractivity contribution in [3.8, 4) is 0 Å². The topological polar surface area (TPSA) is 9.23 Å². The van der Waals surface area contributed by atoms with Crippen LogP contribution in [0, 0.1) is 5.92 Å². The van der Waals surface area contributed by atoms with Crippen molar-refractivity contribution in [3.63, 3.8) is 0 Å². The minimum atomic E-state index is 0.385. The third-order valence-electron chi connectivity index (χ3n) is 4.82. The van der Waals surface area contributed by atoms with E-state index >= 15 is 0 Å². The molecule has 0 aliphatic heterocycles. The molecule has 0 bridgehead atoms. The van der Waals surface area contributed by atoms with Crippen molar-refractivity contribution in [2.45, 2.75) is 25.4 Å². The lowest BCUT2D eigenvalue weighted by Crippen LogP contribution is -2.25. The number of benzene rings is 2. The number of halogens is 2. The molecule has 1 atom stereocenters. The van der Waals surface area contributed by atoms with Crippen molar-refractivity contribution in [1.29, 1.82) is 0 Å². The molecule has 3 heteroatoms. The molecule has 25 heavy (non-hydrogen) atoms. The van der Waals surface area contributed by atoms with Gasteiger partial charge in [-0.3, -0.25) is 0 Å². The number of hydrogen-bond acceptors (Lipinski definition) is 1. The van der Waals surface area contributed by atoms with Gasteiger partial charge in [-0.25, -0.2) is 0 Å². The van der Waals surface area contributed by atoms with Gasteiger partial charge in [0.15, 0.2) is 0 Å². The van der Waals surface area contributed by atoms with Crippen molar-refractivity contribution in [2.75, 3.05) is 6.61 Å². The van der Waals surface area contributed by atoms with E-state index in [9.17, 15) is 0 Å². The summed E-state index contributed by atoms with van der Waals surface area (Å²) in [6, 6.07) is 16.0. The molecule has 2 aromatic carbocycles. The Balaban J connectivity index is 1.21. The zero-order chi connectivity index (χ0) is 17.2. The zero-order valence-corrected chi connectivity index (χ0v) is 15.4. The smallest absolute Gasteiger partial charge is 0.0649 e. The van der Waals surface area contributed by atoms with Crippen LogP contribution in [0.1, 0.15) is 30.4 Å². The van der Waals surface area contributed by atoms with Gasteiger partial charge in [0.05, 0.1) is 12.7 Å². The largest absolute Gasteiger partial charge is 0.377 e. The summed E-state index contributed by atoms with van der Waals surface area (Å²) in [7, 11) is 0. The number of rotatable bonds is 5. The Morgan fingerprint density at radius 3 is 1.96 bits per heavy atom. The highest BCUT2D eigenvalue weighted by molar-refractivity contribution is 6.30. The average Bonchev–Trinajstić information content (AvgIpc) is 3.31. The van der Waals surface area contributed by atoms with Crippen LogP contribution in [0.25, 0.3) is 12.2 Å². The van der Waals surface area contributed by atoms with E-state index < -0.39 is 0 Å². The summed E-state index contributed by atoms with van der Waals surface area (Å²) in [6.07, 6.45) is 8.15. The van der Waals surface area contributed by atoms with Gasteiger partial charge >= 0.3 is 0 Å². The summed E-state index contributed by atoms with van der Waals surface area (Å²) in [5.41, 5.74) is 5.38. The first-order valence-electron chi connectivity index (χ1n) is 8.68. The molecule has 0 saturated heterocycles. The van der Waals surface area contributed by atoms with Crippen LogP contribution >= 0.6 is 23.2 Å². The fourth-order valence-electron chi connectivity index (χ4n) is 3.15. The van der Waals surface area contributed by atoms with Gasteiger partial charge in [0.2, 0.25) is 0 Å². The quantitative estimate of drug-likeness (QED) is 0.571. The Kier molecular flexibility index (Phi) is 4.98. The lowest BCUT2D eigenvalue weighted by atomic mass is 9.87. The van der Waals surface area contributed by atoms with E-state index in [1.165, 1.54) is 22.3 Å². The van der Waals surface area contributed by atoms with Gasteiger partial charge in [-0.15, -0.1) is 0 Å². The third kappa shape index (κ3) is 4.55. The minimum absolute atomic E-state index is 0.385. The summed E-state index contributed by atoms with van der Waals surface area (Å²) in [6.45, 7) is 0.846. The second-order valence-corrected chi connectivity index (χ2v) is 7.76. The molecular weight excluding hydrogens is 351 g/mol. The highest BCUT2D eigenvalue weighted by atomic mass is 35.5. The summed E-state index contributed by atoms with van der Waals surface area (Å²) in [4.78, 5) is 0. The van der Waals surface area contributed by atoms with Gasteiger partial charge < -0.3 is 4.74 Å². The molecule has 0 N–H and O–H groups in total. The first-order chi connectivity index (χ1) is 12.2. The van der Waals surface area contributed by atoms with Gasteiger partial charge in [0.25, 0.3) is 0 Å². The Bertz CT molecular complexity index is 795. The van der Waals surface area contributed by atoms with E-state index in [-0.39, 0.29) is 0 Å². The standard InChI is InChI=1S/C22H20Cl2O/c23-20-5-1-15(2-6-20)9-17-11-22(12-17)25-14-19-13-18(19)10-16-3-7-21(24)8-4-16/h1-10,19,22H,11-14H2/b17-9?,18-10+. The van der Waals surface area contributed by atoms with Crippen molar-refractivity contribution in [3.05, 3.63) is 80.8 Å². The Labute approximate surface area is 158 Å². The maximum atomic E-state index is 6.05. The van der Waals surface area contributed by atoms with E-state index in [0.29, 0.717) is 12.0 Å². The van der Waals surface area contributed by atoms with Crippen molar-refractivity contribution < 1.29 is 4.74 Å². The molecule has 2 aromatic rings. The molecule has 0 aromatic heterocycles. The second-order valence-electron chi connectivity index (χ2n) is 6.89. The van der Waals surface area contributed by atoms with E-state index in [1.54, 1.807) is 0 Å². The van der Waals surface area contributed by atoms with E-state index in [2.05, 4.69) is 36.4 Å². The van der Waals surface area contributed by atoms with Crippen LogP contribution < -0.4 is 0 Å². The van der Waals surface area contributed by atoms with Crippen LogP contribution in [0.15, 0.2) is 59.7 Å². The van der Waals surface area contributed by atoms with E-state index in [1.807, 2.05) is 24.3 Å². The first kappa shape index (κ1) is 16.9. The maximum Gasteiger partial charge on any atom is 0.0649 e. The average molecular weight is 371 g/mol. The monoisotopic (exact) mass is 370 g/mol. The lowest BCUT2D eigenvalue weighted by Gasteiger charge is -2.29. The summed E-state index contributed by atoms with van der Waals surface area (Å²) < 4.78 is 6.05. The van der Waals surface area contributed by atoms with Gasteiger partial charge in [0.1, 0.15) is 0 Å². The first-order valence-corrected chi connectivity index (χ1v) is 9.44. The SMILES string of the molecule is Clc1ccc(C=C2CC(OCC3C/C3=C\c3ccc(Cl)cc3)C2)cc1. The Morgan fingerprint density at radius 1 is 0.800 bits per heavy atom. The second kappa shape index (κ2) is 7.37. The molecule has 0 amide bonds. The Morgan fingerprint density at radius 2 is 1.36 bits per heavy atom. The highest BCUT2D eigenvalue weighted by Gasteiger charge is 2.32. The fraction of sp³-hybridized carbons (Fsp3) is 0.273. The van der Waals surface area contributed by atoms with Crippen LogP contribution in [0.4, 0.5) is 0 Å². The molecule has 0 spiro atoms. The third-order valence-corrected chi connectivity index (χ3v) is 5.33. The molecule has 0 heterocycles. The van der Waals surface area contributed by atoms with Gasteiger partial charge in [0, 0.05) is 16.0 Å². The highest BCUT2D eigenvalue weighted by Crippen LogP contribution is 2.41. The summed E-state index contributed by atoms with van der Waals surface area (Å²) in [5.74, 6) is 0.597. The van der Waals surface area contributed by atoms with Gasteiger partial charge in [-0.1, -0.05) is 70.8 Å². The van der Waals surface area contributed by atoms with E-state index in [4.69, 9.17) is 27.9 Å². The van der Waals surface area contributed by atoms with Crippen LogP contribution in [0.3, 0.4) is 0 Å². The molecule has 4 rings (SSSR count). The molecule has 2 aliphatic carbocycles. The zero-order valence-electron chi connectivity index (χ0n) is 13.9. The van der Waals surface area contributed by atoms with Crippen LogP contribution in [-0.4, -0.2) is 12.7 Å². The molecular formula is C22H20Cl2O. The van der Waals surface area contributed by atoms with Crippen molar-refractivity contribution >= 4 is 35.4 Å². The molecule has 2 fully saturated rings. The molecule has 0 radical (unpaired) electrons. The molecule has 2 aliphatic rings.